The number of aromatic nitrogens is 4. The number of thiol groups is 1. The van der Waals surface area contributed by atoms with E-state index >= 15 is 0 Å². The van der Waals surface area contributed by atoms with Crippen molar-refractivity contribution in [1.82, 2.24) is 19.5 Å². The Labute approximate surface area is 278 Å². The Bertz CT molecular complexity index is 1920. The predicted molar refractivity (Wildman–Crippen MR) is 183 cm³/mol. The number of imidazole rings is 1. The van der Waals surface area contributed by atoms with Crippen LogP contribution in [0.3, 0.4) is 0 Å². The molecular weight excluding hydrogens is 611 g/mol. The van der Waals surface area contributed by atoms with E-state index in [1.165, 1.54) is 6.33 Å². The van der Waals surface area contributed by atoms with Crippen molar-refractivity contribution in [1.29, 1.82) is 0 Å². The Hall–Kier alpha value is -5.03. The lowest BCUT2D eigenvalue weighted by molar-refractivity contribution is -0.0746. The Morgan fingerprint density at radius 3 is 2.13 bits per heavy atom. The average molecular weight is 644 g/mol. The van der Waals surface area contributed by atoms with Crippen molar-refractivity contribution >= 4 is 35.5 Å². The van der Waals surface area contributed by atoms with Gasteiger partial charge < -0.3 is 19.5 Å². The van der Waals surface area contributed by atoms with Crippen molar-refractivity contribution < 1.29 is 19.0 Å². The molecule has 3 atom stereocenters. The summed E-state index contributed by atoms with van der Waals surface area (Å²) in [5, 5.41) is 2.74. The van der Waals surface area contributed by atoms with E-state index in [2.05, 4.69) is 44.5 Å². The second kappa shape index (κ2) is 13.4. The number of ether oxygens (including phenoxy) is 3. The number of hydrogen-bond acceptors (Lipinski definition) is 8. The first-order chi connectivity index (χ1) is 23.1. The highest BCUT2D eigenvalue weighted by Gasteiger charge is 2.41. The molecule has 6 aromatic rings. The van der Waals surface area contributed by atoms with E-state index in [1.807, 2.05) is 83.4 Å². The van der Waals surface area contributed by atoms with E-state index in [0.717, 1.165) is 22.4 Å². The molecule has 0 unspecified atom stereocenters. The Kier molecular flexibility index (Phi) is 8.71. The number of fused-ring (bicyclic) bond motifs is 1. The molecule has 0 saturated carbocycles. The van der Waals surface area contributed by atoms with Crippen LogP contribution in [0.5, 0.6) is 5.75 Å². The minimum atomic E-state index is -0.926. The van der Waals surface area contributed by atoms with Crippen molar-refractivity contribution in [3.05, 3.63) is 150 Å². The molecule has 2 aromatic heterocycles. The van der Waals surface area contributed by atoms with E-state index in [1.54, 1.807) is 25.6 Å². The summed E-state index contributed by atoms with van der Waals surface area (Å²) in [6, 6.07) is 37.4. The van der Waals surface area contributed by atoms with Gasteiger partial charge in [-0.3, -0.25) is 9.36 Å². The van der Waals surface area contributed by atoms with Crippen molar-refractivity contribution in [3.8, 4) is 5.75 Å². The third-order valence-corrected chi connectivity index (χ3v) is 9.01. The second-order valence-electron chi connectivity index (χ2n) is 11.3. The third-order valence-electron chi connectivity index (χ3n) is 8.46. The van der Waals surface area contributed by atoms with E-state index in [0.29, 0.717) is 29.0 Å². The molecule has 0 bridgehead atoms. The number of anilines is 1. The summed E-state index contributed by atoms with van der Waals surface area (Å²) in [5.41, 5.74) is 3.57. The number of carbonyl (C=O) groups is 1. The number of nitrogens with zero attached hydrogens (tertiary/aromatic N) is 4. The number of rotatable bonds is 10. The SMILES string of the molecule is COc1ccc(C(OC[C@H]2O[C@@H](n3cnc4c(NC(=O)c5ccccc5)ncnc43)C[C@@H]2S)(c2ccccc2)c2ccccc2)cc1. The monoisotopic (exact) mass is 643 g/mol. The Balaban J connectivity index is 1.17. The topological polar surface area (TPSA) is 100 Å². The van der Waals surface area contributed by atoms with Crippen LogP contribution in [-0.2, 0) is 15.1 Å². The number of methoxy groups -OCH3 is 1. The molecule has 1 amide bonds. The smallest absolute Gasteiger partial charge is 0.256 e. The van der Waals surface area contributed by atoms with Crippen LogP contribution in [0.1, 0.15) is 39.7 Å². The van der Waals surface area contributed by atoms with Gasteiger partial charge in [0.1, 0.15) is 23.9 Å². The van der Waals surface area contributed by atoms with Gasteiger partial charge in [0, 0.05) is 17.2 Å². The van der Waals surface area contributed by atoms with Gasteiger partial charge in [-0.1, -0.05) is 91.0 Å². The Morgan fingerprint density at radius 2 is 1.49 bits per heavy atom. The van der Waals surface area contributed by atoms with Gasteiger partial charge in [0.25, 0.3) is 5.91 Å². The van der Waals surface area contributed by atoms with Crippen LogP contribution in [0, 0.1) is 0 Å². The number of benzene rings is 4. The summed E-state index contributed by atoms with van der Waals surface area (Å²) >= 11 is 4.95. The fourth-order valence-corrected chi connectivity index (χ4v) is 6.42. The van der Waals surface area contributed by atoms with E-state index in [9.17, 15) is 4.79 Å². The number of amides is 1. The van der Waals surface area contributed by atoms with Crippen molar-refractivity contribution in [3.63, 3.8) is 0 Å². The highest BCUT2D eigenvalue weighted by molar-refractivity contribution is 7.81. The molecule has 1 aliphatic rings. The zero-order valence-corrected chi connectivity index (χ0v) is 26.5. The fourth-order valence-electron chi connectivity index (χ4n) is 6.09. The number of hydrogen-bond donors (Lipinski definition) is 2. The molecule has 9 nitrogen and oxygen atoms in total. The van der Waals surface area contributed by atoms with Gasteiger partial charge in [-0.2, -0.15) is 12.6 Å². The van der Waals surface area contributed by atoms with Crippen LogP contribution in [0.15, 0.2) is 128 Å². The maximum Gasteiger partial charge on any atom is 0.256 e. The Morgan fingerprint density at radius 1 is 0.872 bits per heavy atom. The zero-order chi connectivity index (χ0) is 32.2. The van der Waals surface area contributed by atoms with Gasteiger partial charge in [0.2, 0.25) is 0 Å². The maximum absolute atomic E-state index is 12.8. The number of nitrogens with one attached hydrogen (secondary N) is 1. The molecule has 0 radical (unpaired) electrons. The molecule has 47 heavy (non-hydrogen) atoms. The summed E-state index contributed by atoms with van der Waals surface area (Å²) in [7, 11) is 1.66. The van der Waals surface area contributed by atoms with Crippen LogP contribution in [-0.4, -0.2) is 50.5 Å². The molecule has 1 N–H and O–H groups in total. The highest BCUT2D eigenvalue weighted by Crippen LogP contribution is 2.43. The lowest BCUT2D eigenvalue weighted by Crippen LogP contribution is -2.37. The van der Waals surface area contributed by atoms with E-state index in [-0.39, 0.29) is 23.9 Å². The maximum atomic E-state index is 12.8. The predicted octanol–water partition coefficient (Wildman–Crippen LogP) is 6.68. The van der Waals surface area contributed by atoms with Crippen LogP contribution < -0.4 is 10.1 Å². The molecular formula is C37H33N5O4S. The average Bonchev–Trinajstić information content (AvgIpc) is 3.74. The van der Waals surface area contributed by atoms with Crippen LogP contribution in [0.2, 0.25) is 0 Å². The summed E-state index contributed by atoms with van der Waals surface area (Å²) in [6.45, 7) is 0.264. The molecule has 10 heteroatoms. The minimum Gasteiger partial charge on any atom is -0.497 e. The standard InChI is InChI=1S/C37H33N5O4S/c1-44-29-19-17-28(18-20-29)37(26-13-7-3-8-14-26,27-15-9-4-10-16-27)45-22-30-31(47)21-32(46-30)42-24-40-33-34(38-23-39-35(33)42)41-36(43)25-11-5-2-6-12-25/h2-20,23-24,30-32,47H,21-22H2,1H3,(H,38,39,41,43)/t30-,31+,32-/m1/s1. The normalized spacial score (nSPS) is 17.9. The van der Waals surface area contributed by atoms with Crippen molar-refractivity contribution in [2.45, 2.75) is 29.6 Å². The fraction of sp³-hybridized carbons (Fsp3) is 0.189. The van der Waals surface area contributed by atoms with Gasteiger partial charge in [0.15, 0.2) is 17.0 Å². The third kappa shape index (κ3) is 5.98. The second-order valence-corrected chi connectivity index (χ2v) is 11.9. The molecule has 0 spiro atoms. The molecule has 3 heterocycles. The van der Waals surface area contributed by atoms with E-state index in [4.69, 9.17) is 26.8 Å². The molecule has 236 valence electrons. The summed E-state index contributed by atoms with van der Waals surface area (Å²) in [6.07, 6.45) is 2.95. The minimum absolute atomic E-state index is 0.128. The molecule has 1 saturated heterocycles. The summed E-state index contributed by atoms with van der Waals surface area (Å²) < 4.78 is 21.0. The van der Waals surface area contributed by atoms with Crippen molar-refractivity contribution in [2.24, 2.45) is 0 Å². The first-order valence-corrected chi connectivity index (χ1v) is 15.9. The first kappa shape index (κ1) is 30.6. The van der Waals surface area contributed by atoms with Crippen LogP contribution >= 0.6 is 12.6 Å². The van der Waals surface area contributed by atoms with Crippen LogP contribution in [0.4, 0.5) is 5.82 Å². The lowest BCUT2D eigenvalue weighted by Gasteiger charge is -2.37. The van der Waals surface area contributed by atoms with Gasteiger partial charge in [-0.25, -0.2) is 15.0 Å². The van der Waals surface area contributed by atoms with Gasteiger partial charge in [-0.05, 0) is 41.0 Å². The highest BCUT2D eigenvalue weighted by atomic mass is 32.1. The lowest BCUT2D eigenvalue weighted by atomic mass is 9.80. The van der Waals surface area contributed by atoms with Crippen LogP contribution in [0.25, 0.3) is 11.2 Å². The molecule has 1 aliphatic heterocycles. The summed E-state index contributed by atoms with van der Waals surface area (Å²) in [4.78, 5) is 26.2. The molecule has 0 aliphatic carbocycles. The van der Waals surface area contributed by atoms with Crippen molar-refractivity contribution in [2.75, 3.05) is 19.0 Å². The molecule has 1 fully saturated rings. The largest absolute Gasteiger partial charge is 0.497 e. The molecule has 4 aromatic carbocycles. The zero-order valence-electron chi connectivity index (χ0n) is 25.6. The number of carbonyl (C=O) groups excluding carboxylic acids is 1. The molecule has 7 rings (SSSR count). The van der Waals surface area contributed by atoms with Gasteiger partial charge in [-0.15, -0.1) is 0 Å². The van der Waals surface area contributed by atoms with Gasteiger partial charge in [0.05, 0.1) is 26.1 Å². The van der Waals surface area contributed by atoms with Gasteiger partial charge >= 0.3 is 0 Å². The summed E-state index contributed by atoms with van der Waals surface area (Å²) in [5.74, 6) is 0.820. The quantitative estimate of drug-likeness (QED) is 0.127. The first-order valence-electron chi connectivity index (χ1n) is 15.3. The van der Waals surface area contributed by atoms with E-state index < -0.39 is 11.8 Å².